The van der Waals surface area contributed by atoms with Crippen LogP contribution < -0.4 is 10.4 Å². The summed E-state index contributed by atoms with van der Waals surface area (Å²) < 4.78 is 0. The molecule has 0 aromatic carbocycles. The number of nitrogens with one attached hydrogen (secondary N) is 1. The van der Waals surface area contributed by atoms with Gasteiger partial charge in [0.25, 0.3) is 0 Å². The summed E-state index contributed by atoms with van der Waals surface area (Å²) in [6, 6.07) is 6.54. The number of hydrogen-bond donors (Lipinski definition) is 1. The quantitative estimate of drug-likeness (QED) is 0.783. The second kappa shape index (κ2) is 5.82. The number of rotatable bonds is 4. The lowest BCUT2D eigenvalue weighted by atomic mass is 10.1. The van der Waals surface area contributed by atoms with E-state index in [0.717, 1.165) is 38.4 Å². The molecule has 0 bridgehead atoms. The molecular weight excluding hydrogens is 202 g/mol. The van der Waals surface area contributed by atoms with Gasteiger partial charge in [-0.05, 0) is 31.9 Å². The molecular formula is C12H19N3O. The van der Waals surface area contributed by atoms with Crippen LogP contribution in [0.3, 0.4) is 0 Å². The van der Waals surface area contributed by atoms with Crippen LogP contribution in [0, 0.1) is 0 Å². The van der Waals surface area contributed by atoms with E-state index in [2.05, 4.69) is 21.4 Å². The molecule has 1 aliphatic heterocycles. The zero-order valence-electron chi connectivity index (χ0n) is 9.72. The van der Waals surface area contributed by atoms with E-state index in [9.17, 15) is 0 Å². The van der Waals surface area contributed by atoms with Gasteiger partial charge in [0, 0.05) is 25.3 Å². The lowest BCUT2D eigenvalue weighted by Gasteiger charge is -2.32. The zero-order chi connectivity index (χ0) is 11.2. The predicted octanol–water partition coefficient (Wildman–Crippen LogP) is 1.59. The summed E-state index contributed by atoms with van der Waals surface area (Å²) in [6.45, 7) is 4.81. The van der Waals surface area contributed by atoms with E-state index in [1.165, 1.54) is 0 Å². The van der Waals surface area contributed by atoms with Crippen LogP contribution in [0.5, 0.6) is 0 Å². The predicted molar refractivity (Wildman–Crippen MR) is 64.2 cm³/mol. The molecule has 88 valence electrons. The van der Waals surface area contributed by atoms with Crippen molar-refractivity contribution in [3.05, 3.63) is 24.4 Å². The van der Waals surface area contributed by atoms with E-state index in [1.54, 1.807) is 0 Å². The van der Waals surface area contributed by atoms with Crippen LogP contribution >= 0.6 is 0 Å². The fraction of sp³-hybridized carbons (Fsp3) is 0.583. The average molecular weight is 221 g/mol. The molecule has 0 saturated carbocycles. The maximum atomic E-state index is 5.23. The molecule has 1 aromatic rings. The molecule has 2 heterocycles. The molecule has 4 heteroatoms. The largest absolute Gasteiger partial charge is 0.357 e. The van der Waals surface area contributed by atoms with Crippen LogP contribution in [0.2, 0.25) is 0 Å². The van der Waals surface area contributed by atoms with Gasteiger partial charge in [-0.15, -0.1) is 0 Å². The highest BCUT2D eigenvalue weighted by Gasteiger charge is 2.19. The zero-order valence-corrected chi connectivity index (χ0v) is 9.72. The number of aromatic nitrogens is 1. The van der Waals surface area contributed by atoms with E-state index in [0.29, 0.717) is 6.04 Å². The highest BCUT2D eigenvalue weighted by molar-refractivity contribution is 5.38. The molecule has 1 fully saturated rings. The fourth-order valence-electron chi connectivity index (χ4n) is 1.97. The number of piperidine rings is 1. The maximum absolute atomic E-state index is 5.23. The number of hydrogen-bond acceptors (Lipinski definition) is 4. The van der Waals surface area contributed by atoms with Crippen molar-refractivity contribution < 1.29 is 4.84 Å². The minimum absolute atomic E-state index is 0.486. The summed E-state index contributed by atoms with van der Waals surface area (Å²) in [6.07, 6.45) is 4.06. The van der Waals surface area contributed by atoms with Crippen molar-refractivity contribution in [3.8, 4) is 0 Å². The second-order valence-electron chi connectivity index (χ2n) is 4.00. The third-order valence-corrected chi connectivity index (χ3v) is 2.86. The monoisotopic (exact) mass is 221 g/mol. The lowest BCUT2D eigenvalue weighted by molar-refractivity contribution is 0.0186. The number of nitrogens with zero attached hydrogens (tertiary/aromatic N) is 2. The first-order valence-electron chi connectivity index (χ1n) is 5.93. The van der Waals surface area contributed by atoms with Crippen molar-refractivity contribution in [1.29, 1.82) is 0 Å². The standard InChI is InChI=1S/C12H19N3O/c1-2-16-14-11-6-9-15(10-7-11)12-5-3-4-8-13-12/h3-5,8,11,14H,2,6-7,9-10H2,1H3. The highest BCUT2D eigenvalue weighted by Crippen LogP contribution is 2.16. The van der Waals surface area contributed by atoms with Crippen molar-refractivity contribution >= 4 is 5.82 Å². The first kappa shape index (κ1) is 11.4. The van der Waals surface area contributed by atoms with Crippen molar-refractivity contribution in [2.45, 2.75) is 25.8 Å². The fourth-order valence-corrected chi connectivity index (χ4v) is 1.97. The van der Waals surface area contributed by atoms with Gasteiger partial charge in [0.1, 0.15) is 5.82 Å². The minimum atomic E-state index is 0.486. The molecule has 2 rings (SSSR count). The van der Waals surface area contributed by atoms with E-state index < -0.39 is 0 Å². The molecule has 4 nitrogen and oxygen atoms in total. The van der Waals surface area contributed by atoms with Crippen LogP contribution in [-0.2, 0) is 4.84 Å². The Kier molecular flexibility index (Phi) is 4.13. The molecule has 1 saturated heterocycles. The van der Waals surface area contributed by atoms with Crippen LogP contribution in [0.1, 0.15) is 19.8 Å². The molecule has 1 aromatic heterocycles. The molecule has 1 aliphatic rings. The van der Waals surface area contributed by atoms with Crippen molar-refractivity contribution in [2.75, 3.05) is 24.6 Å². The van der Waals surface area contributed by atoms with Crippen LogP contribution in [-0.4, -0.2) is 30.7 Å². The minimum Gasteiger partial charge on any atom is -0.357 e. The van der Waals surface area contributed by atoms with Gasteiger partial charge >= 0.3 is 0 Å². The number of anilines is 1. The van der Waals surface area contributed by atoms with Gasteiger partial charge in [0.05, 0.1) is 6.61 Å². The molecule has 16 heavy (non-hydrogen) atoms. The summed E-state index contributed by atoms with van der Waals surface area (Å²) >= 11 is 0. The first-order chi connectivity index (χ1) is 7.90. The van der Waals surface area contributed by atoms with Gasteiger partial charge < -0.3 is 9.74 Å². The summed E-state index contributed by atoms with van der Waals surface area (Å²) in [5.74, 6) is 1.08. The van der Waals surface area contributed by atoms with Crippen LogP contribution in [0.4, 0.5) is 5.82 Å². The van der Waals surface area contributed by atoms with Gasteiger partial charge in [-0.25, -0.2) is 4.98 Å². The SMILES string of the molecule is CCONC1CCN(c2ccccn2)CC1. The van der Waals surface area contributed by atoms with Gasteiger partial charge in [0.15, 0.2) is 0 Å². The topological polar surface area (TPSA) is 37.4 Å². The Morgan fingerprint density at radius 1 is 1.44 bits per heavy atom. The van der Waals surface area contributed by atoms with E-state index in [1.807, 2.05) is 25.3 Å². The summed E-state index contributed by atoms with van der Waals surface area (Å²) in [7, 11) is 0. The number of pyridine rings is 1. The second-order valence-corrected chi connectivity index (χ2v) is 4.00. The summed E-state index contributed by atoms with van der Waals surface area (Å²) in [5.41, 5.74) is 3.10. The molecule has 0 spiro atoms. The van der Waals surface area contributed by atoms with Gasteiger partial charge in [0.2, 0.25) is 0 Å². The Hall–Kier alpha value is -1.13. The van der Waals surface area contributed by atoms with Gasteiger partial charge in [-0.3, -0.25) is 0 Å². The van der Waals surface area contributed by atoms with Crippen molar-refractivity contribution in [3.63, 3.8) is 0 Å². The Morgan fingerprint density at radius 3 is 2.88 bits per heavy atom. The molecule has 1 N–H and O–H groups in total. The Labute approximate surface area is 96.6 Å². The number of hydroxylamine groups is 1. The Bertz CT molecular complexity index is 296. The Morgan fingerprint density at radius 2 is 2.25 bits per heavy atom. The molecule has 0 unspecified atom stereocenters. The van der Waals surface area contributed by atoms with Crippen molar-refractivity contribution in [2.24, 2.45) is 0 Å². The third-order valence-electron chi connectivity index (χ3n) is 2.86. The van der Waals surface area contributed by atoms with E-state index in [-0.39, 0.29) is 0 Å². The van der Waals surface area contributed by atoms with E-state index in [4.69, 9.17) is 4.84 Å². The lowest BCUT2D eigenvalue weighted by Crippen LogP contribution is -2.42. The molecule has 0 amide bonds. The molecule has 0 atom stereocenters. The highest BCUT2D eigenvalue weighted by atomic mass is 16.6. The normalized spacial score (nSPS) is 17.7. The first-order valence-corrected chi connectivity index (χ1v) is 5.93. The Balaban J connectivity index is 1.81. The van der Waals surface area contributed by atoms with Gasteiger partial charge in [-0.2, -0.15) is 5.48 Å². The van der Waals surface area contributed by atoms with Crippen molar-refractivity contribution in [1.82, 2.24) is 10.5 Å². The third kappa shape index (κ3) is 2.93. The summed E-state index contributed by atoms with van der Waals surface area (Å²) in [5, 5.41) is 0. The smallest absolute Gasteiger partial charge is 0.128 e. The summed E-state index contributed by atoms with van der Waals surface area (Å²) in [4.78, 5) is 11.9. The van der Waals surface area contributed by atoms with Crippen LogP contribution in [0.25, 0.3) is 0 Å². The molecule has 0 aliphatic carbocycles. The van der Waals surface area contributed by atoms with Crippen LogP contribution in [0.15, 0.2) is 24.4 Å². The van der Waals surface area contributed by atoms with E-state index >= 15 is 0 Å². The maximum Gasteiger partial charge on any atom is 0.128 e. The molecule has 0 radical (unpaired) electrons. The average Bonchev–Trinajstić information content (AvgIpc) is 2.38. The van der Waals surface area contributed by atoms with Gasteiger partial charge in [-0.1, -0.05) is 6.07 Å².